The first-order chi connectivity index (χ1) is 13.6. The molecule has 6 nitrogen and oxygen atoms in total. The lowest BCUT2D eigenvalue weighted by Crippen LogP contribution is -2.37. The predicted octanol–water partition coefficient (Wildman–Crippen LogP) is 3.66. The third kappa shape index (κ3) is 6.23. The van der Waals surface area contributed by atoms with E-state index in [9.17, 15) is 0 Å². The molecule has 28 heavy (non-hydrogen) atoms. The van der Waals surface area contributed by atoms with Gasteiger partial charge in [0.05, 0.1) is 20.8 Å². The second kappa shape index (κ2) is 11.3. The Morgan fingerprint density at radius 2 is 1.64 bits per heavy atom. The first-order valence-corrected chi connectivity index (χ1v) is 9.55. The van der Waals surface area contributed by atoms with E-state index < -0.39 is 0 Å². The van der Waals surface area contributed by atoms with Crippen molar-refractivity contribution in [1.82, 2.24) is 10.6 Å². The molecule has 0 radical (unpaired) electrons. The number of aliphatic imine (C=N–C) groups is 1. The molecule has 2 rings (SSSR count). The predicted molar refractivity (Wildman–Crippen MR) is 114 cm³/mol. The molecule has 2 aromatic carbocycles. The van der Waals surface area contributed by atoms with Gasteiger partial charge in [-0.05, 0) is 48.7 Å². The summed E-state index contributed by atoms with van der Waals surface area (Å²) in [6.07, 6.45) is 0.878. The Bertz CT molecular complexity index is 754. The fraction of sp³-hybridized carbons (Fsp3) is 0.381. The summed E-state index contributed by atoms with van der Waals surface area (Å²) in [6.45, 7) is 3.79. The van der Waals surface area contributed by atoms with Crippen molar-refractivity contribution in [2.45, 2.75) is 19.9 Å². The Morgan fingerprint density at radius 3 is 2.18 bits per heavy atom. The lowest BCUT2D eigenvalue weighted by Gasteiger charge is -2.16. The molecule has 0 saturated heterocycles. The maximum Gasteiger partial charge on any atom is 0.203 e. The highest BCUT2D eigenvalue weighted by molar-refractivity contribution is 6.30. The van der Waals surface area contributed by atoms with Crippen LogP contribution in [-0.2, 0) is 13.0 Å². The Hall–Kier alpha value is -2.60. The third-order valence-corrected chi connectivity index (χ3v) is 4.36. The molecule has 0 atom stereocenters. The molecule has 7 heteroatoms. The first-order valence-electron chi connectivity index (χ1n) is 9.17. The summed E-state index contributed by atoms with van der Waals surface area (Å²) in [4.78, 5) is 4.27. The Morgan fingerprint density at radius 1 is 1.00 bits per heavy atom. The molecule has 152 valence electrons. The Labute approximate surface area is 171 Å². The lowest BCUT2D eigenvalue weighted by molar-refractivity contribution is 0.288. The Balaban J connectivity index is 1.94. The quantitative estimate of drug-likeness (QED) is 0.492. The molecule has 0 unspecified atom stereocenters. The molecule has 0 spiro atoms. The molecular weight excluding hydrogens is 378 g/mol. The van der Waals surface area contributed by atoms with Crippen LogP contribution in [0.25, 0.3) is 0 Å². The summed E-state index contributed by atoms with van der Waals surface area (Å²) in [5.74, 6) is 2.62. The molecule has 0 saturated carbocycles. The number of nitrogens with one attached hydrogen (secondary N) is 2. The normalized spacial score (nSPS) is 11.1. The van der Waals surface area contributed by atoms with E-state index in [1.165, 1.54) is 5.56 Å². The van der Waals surface area contributed by atoms with Crippen molar-refractivity contribution in [2.24, 2.45) is 4.99 Å². The highest BCUT2D eigenvalue weighted by Crippen LogP contribution is 2.38. The van der Waals surface area contributed by atoms with Crippen LogP contribution in [0.3, 0.4) is 0 Å². The van der Waals surface area contributed by atoms with Gasteiger partial charge in [-0.25, -0.2) is 0 Å². The van der Waals surface area contributed by atoms with Gasteiger partial charge >= 0.3 is 0 Å². The number of nitrogens with zero attached hydrogens (tertiary/aromatic N) is 1. The molecule has 0 bridgehead atoms. The van der Waals surface area contributed by atoms with Crippen LogP contribution in [0.1, 0.15) is 18.1 Å². The number of hydrogen-bond acceptors (Lipinski definition) is 4. The van der Waals surface area contributed by atoms with Crippen molar-refractivity contribution in [3.8, 4) is 17.2 Å². The molecule has 0 aliphatic carbocycles. The number of halogens is 1. The van der Waals surface area contributed by atoms with E-state index in [4.69, 9.17) is 25.8 Å². The first kappa shape index (κ1) is 21.7. The van der Waals surface area contributed by atoms with Crippen LogP contribution in [0.5, 0.6) is 17.2 Å². The largest absolute Gasteiger partial charge is 0.493 e. The molecular formula is C21H28ClN3O3. The fourth-order valence-corrected chi connectivity index (χ4v) is 2.83. The van der Waals surface area contributed by atoms with Crippen LogP contribution in [0.4, 0.5) is 0 Å². The topological polar surface area (TPSA) is 64.1 Å². The standard InChI is InChI=1S/C21H28ClN3O3/c1-5-28-20-18(26-3)12-16(13-19(20)27-4)14-25-21(23-2)24-11-10-15-6-8-17(22)9-7-15/h6-9,12-13H,5,10-11,14H2,1-4H3,(H2,23,24,25). The van der Waals surface area contributed by atoms with Gasteiger partial charge in [-0.3, -0.25) is 4.99 Å². The van der Waals surface area contributed by atoms with E-state index in [0.717, 1.165) is 29.5 Å². The molecule has 0 aliphatic rings. The van der Waals surface area contributed by atoms with Crippen LogP contribution in [0.15, 0.2) is 41.4 Å². The smallest absolute Gasteiger partial charge is 0.203 e. The van der Waals surface area contributed by atoms with Gasteiger partial charge in [0.2, 0.25) is 5.75 Å². The van der Waals surface area contributed by atoms with Gasteiger partial charge < -0.3 is 24.8 Å². The number of rotatable bonds is 9. The zero-order valence-electron chi connectivity index (χ0n) is 16.8. The summed E-state index contributed by atoms with van der Waals surface area (Å²) in [6, 6.07) is 11.7. The van der Waals surface area contributed by atoms with Gasteiger partial charge in [0, 0.05) is 25.2 Å². The van der Waals surface area contributed by atoms with Crippen LogP contribution >= 0.6 is 11.6 Å². The number of ether oxygens (including phenoxy) is 3. The molecule has 0 amide bonds. The average molecular weight is 406 g/mol. The van der Waals surface area contributed by atoms with E-state index in [2.05, 4.69) is 15.6 Å². The monoisotopic (exact) mass is 405 g/mol. The van der Waals surface area contributed by atoms with E-state index in [-0.39, 0.29) is 0 Å². The van der Waals surface area contributed by atoms with Gasteiger partial charge in [0.15, 0.2) is 17.5 Å². The van der Waals surface area contributed by atoms with Gasteiger partial charge in [0.25, 0.3) is 0 Å². The average Bonchev–Trinajstić information content (AvgIpc) is 2.72. The molecule has 0 aliphatic heterocycles. The third-order valence-electron chi connectivity index (χ3n) is 4.11. The second-order valence-electron chi connectivity index (χ2n) is 5.99. The van der Waals surface area contributed by atoms with Gasteiger partial charge in [-0.15, -0.1) is 0 Å². The highest BCUT2D eigenvalue weighted by atomic mass is 35.5. The van der Waals surface area contributed by atoms with Gasteiger partial charge in [0.1, 0.15) is 0 Å². The van der Waals surface area contributed by atoms with Crippen molar-refractivity contribution in [2.75, 3.05) is 34.4 Å². The minimum absolute atomic E-state index is 0.536. The zero-order valence-corrected chi connectivity index (χ0v) is 17.6. The zero-order chi connectivity index (χ0) is 20.4. The summed E-state index contributed by atoms with van der Waals surface area (Å²) >= 11 is 5.92. The van der Waals surface area contributed by atoms with Crippen molar-refractivity contribution in [1.29, 1.82) is 0 Å². The minimum Gasteiger partial charge on any atom is -0.493 e. The fourth-order valence-electron chi connectivity index (χ4n) is 2.71. The summed E-state index contributed by atoms with van der Waals surface area (Å²) in [5, 5.41) is 7.36. The van der Waals surface area contributed by atoms with Gasteiger partial charge in [-0.1, -0.05) is 23.7 Å². The number of guanidine groups is 1. The lowest BCUT2D eigenvalue weighted by atomic mass is 10.1. The maximum absolute atomic E-state index is 5.92. The van der Waals surface area contributed by atoms with Crippen molar-refractivity contribution >= 4 is 17.6 Å². The van der Waals surface area contributed by atoms with Crippen molar-refractivity contribution in [3.63, 3.8) is 0 Å². The summed E-state index contributed by atoms with van der Waals surface area (Å²) in [7, 11) is 4.98. The summed E-state index contributed by atoms with van der Waals surface area (Å²) in [5.41, 5.74) is 2.21. The second-order valence-corrected chi connectivity index (χ2v) is 6.43. The van der Waals surface area contributed by atoms with E-state index in [1.807, 2.05) is 43.3 Å². The highest BCUT2D eigenvalue weighted by Gasteiger charge is 2.14. The van der Waals surface area contributed by atoms with Crippen LogP contribution in [0.2, 0.25) is 5.02 Å². The molecule has 2 N–H and O–H groups in total. The SMILES string of the molecule is CCOc1c(OC)cc(CNC(=NC)NCCc2ccc(Cl)cc2)cc1OC. The van der Waals surface area contributed by atoms with Crippen molar-refractivity contribution in [3.05, 3.63) is 52.5 Å². The number of hydrogen-bond donors (Lipinski definition) is 2. The number of benzene rings is 2. The van der Waals surface area contributed by atoms with Crippen molar-refractivity contribution < 1.29 is 14.2 Å². The molecule has 0 fully saturated rings. The van der Waals surface area contributed by atoms with E-state index >= 15 is 0 Å². The molecule has 0 aromatic heterocycles. The van der Waals surface area contributed by atoms with Crippen LogP contribution in [-0.4, -0.2) is 40.4 Å². The van der Waals surface area contributed by atoms with Crippen LogP contribution < -0.4 is 24.8 Å². The number of methoxy groups -OCH3 is 2. The van der Waals surface area contributed by atoms with Gasteiger partial charge in [-0.2, -0.15) is 0 Å². The molecule has 2 aromatic rings. The maximum atomic E-state index is 5.92. The summed E-state index contributed by atoms with van der Waals surface area (Å²) < 4.78 is 16.5. The van der Waals surface area contributed by atoms with E-state index in [1.54, 1.807) is 21.3 Å². The molecule has 0 heterocycles. The Kier molecular flexibility index (Phi) is 8.75. The van der Waals surface area contributed by atoms with E-state index in [0.29, 0.717) is 30.4 Å². The van der Waals surface area contributed by atoms with Crippen LogP contribution in [0, 0.1) is 0 Å². The minimum atomic E-state index is 0.536.